The maximum atomic E-state index is 3.56. The van der Waals surface area contributed by atoms with Gasteiger partial charge in [-0.05, 0) is 65.1 Å². The van der Waals surface area contributed by atoms with Crippen LogP contribution in [0.5, 0.6) is 0 Å². The molecule has 1 atom stereocenters. The lowest BCUT2D eigenvalue weighted by molar-refractivity contribution is 0.639. The van der Waals surface area contributed by atoms with Crippen molar-refractivity contribution in [1.82, 2.24) is 5.32 Å². The first kappa shape index (κ1) is 13.8. The highest BCUT2D eigenvalue weighted by molar-refractivity contribution is 9.11. The van der Waals surface area contributed by atoms with Gasteiger partial charge in [-0.1, -0.05) is 25.1 Å². The van der Waals surface area contributed by atoms with Gasteiger partial charge in [0.25, 0.3) is 0 Å². The average molecular weight is 324 g/mol. The van der Waals surface area contributed by atoms with Gasteiger partial charge in [0, 0.05) is 4.88 Å². The van der Waals surface area contributed by atoms with Gasteiger partial charge in [0.15, 0.2) is 0 Å². The Labute approximate surface area is 121 Å². The molecule has 2 aromatic rings. The van der Waals surface area contributed by atoms with Crippen molar-refractivity contribution in [2.45, 2.75) is 26.8 Å². The molecule has 0 aliphatic carbocycles. The number of halogens is 1. The minimum absolute atomic E-state index is 0.297. The zero-order chi connectivity index (χ0) is 13.1. The van der Waals surface area contributed by atoms with E-state index in [1.165, 1.54) is 25.4 Å². The highest BCUT2D eigenvalue weighted by Gasteiger charge is 2.15. The van der Waals surface area contributed by atoms with E-state index in [4.69, 9.17) is 0 Å². The zero-order valence-electron chi connectivity index (χ0n) is 11.0. The molecule has 1 heterocycles. The molecule has 0 bridgehead atoms. The monoisotopic (exact) mass is 323 g/mol. The van der Waals surface area contributed by atoms with Crippen LogP contribution >= 0.6 is 27.3 Å². The van der Waals surface area contributed by atoms with Gasteiger partial charge >= 0.3 is 0 Å². The second-order valence-electron chi connectivity index (χ2n) is 4.48. The summed E-state index contributed by atoms with van der Waals surface area (Å²) >= 11 is 5.34. The lowest BCUT2D eigenvalue weighted by Crippen LogP contribution is -2.21. The van der Waals surface area contributed by atoms with Crippen LogP contribution in [0.3, 0.4) is 0 Å². The molecule has 1 N–H and O–H groups in total. The molecule has 1 aromatic carbocycles. The Kier molecular flexibility index (Phi) is 4.60. The van der Waals surface area contributed by atoms with Crippen molar-refractivity contribution in [3.63, 3.8) is 0 Å². The zero-order valence-corrected chi connectivity index (χ0v) is 13.4. The first-order valence-electron chi connectivity index (χ1n) is 6.17. The summed E-state index contributed by atoms with van der Waals surface area (Å²) in [5.74, 6) is 0. The Bertz CT molecular complexity index is 533. The van der Waals surface area contributed by atoms with Crippen LogP contribution in [0.15, 0.2) is 34.1 Å². The maximum absolute atomic E-state index is 3.56. The SMILES string of the molecule is CCNC(c1ccc(C)c(C)c1)c1ccc(Br)s1. The second kappa shape index (κ2) is 6.00. The Morgan fingerprint density at radius 3 is 2.50 bits per heavy atom. The van der Waals surface area contributed by atoms with Crippen LogP contribution in [0.1, 0.15) is 34.5 Å². The lowest BCUT2D eigenvalue weighted by atomic mass is 10.00. The topological polar surface area (TPSA) is 12.0 Å². The first-order chi connectivity index (χ1) is 8.61. The third-order valence-corrected chi connectivity index (χ3v) is 4.84. The number of hydrogen-bond acceptors (Lipinski definition) is 2. The minimum Gasteiger partial charge on any atom is -0.306 e. The molecule has 0 saturated carbocycles. The van der Waals surface area contributed by atoms with E-state index in [1.54, 1.807) is 11.3 Å². The van der Waals surface area contributed by atoms with Gasteiger partial charge in [0.1, 0.15) is 0 Å². The molecule has 1 aromatic heterocycles. The highest BCUT2D eigenvalue weighted by atomic mass is 79.9. The van der Waals surface area contributed by atoms with Gasteiger partial charge in [-0.2, -0.15) is 0 Å². The fourth-order valence-corrected chi connectivity index (χ4v) is 3.54. The molecular formula is C15H18BrNS. The fourth-order valence-electron chi connectivity index (χ4n) is 2.01. The van der Waals surface area contributed by atoms with Crippen molar-refractivity contribution in [2.75, 3.05) is 6.54 Å². The van der Waals surface area contributed by atoms with E-state index >= 15 is 0 Å². The van der Waals surface area contributed by atoms with E-state index < -0.39 is 0 Å². The van der Waals surface area contributed by atoms with Gasteiger partial charge in [0.2, 0.25) is 0 Å². The Balaban J connectivity index is 2.37. The van der Waals surface area contributed by atoms with Crippen LogP contribution in [-0.4, -0.2) is 6.54 Å². The molecule has 0 aliphatic rings. The van der Waals surface area contributed by atoms with E-state index in [2.05, 4.69) is 72.3 Å². The number of nitrogens with one attached hydrogen (secondary N) is 1. The number of benzene rings is 1. The van der Waals surface area contributed by atoms with Crippen molar-refractivity contribution < 1.29 is 0 Å². The van der Waals surface area contributed by atoms with Crippen LogP contribution in [0.4, 0.5) is 0 Å². The summed E-state index contributed by atoms with van der Waals surface area (Å²) in [4.78, 5) is 1.35. The lowest BCUT2D eigenvalue weighted by Gasteiger charge is -2.18. The Morgan fingerprint density at radius 2 is 1.94 bits per heavy atom. The molecule has 3 heteroatoms. The summed E-state index contributed by atoms with van der Waals surface area (Å²) in [6, 6.07) is 11.3. The van der Waals surface area contributed by atoms with Crippen LogP contribution in [0.25, 0.3) is 0 Å². The molecule has 2 rings (SSSR count). The van der Waals surface area contributed by atoms with Gasteiger partial charge in [0.05, 0.1) is 9.83 Å². The predicted octanol–water partition coefficient (Wildman–Crippen LogP) is 4.83. The molecule has 0 spiro atoms. The molecule has 1 unspecified atom stereocenters. The third kappa shape index (κ3) is 3.02. The number of aryl methyl sites for hydroxylation is 2. The van der Waals surface area contributed by atoms with E-state index in [0.717, 1.165) is 6.54 Å². The van der Waals surface area contributed by atoms with Crippen molar-refractivity contribution >= 4 is 27.3 Å². The van der Waals surface area contributed by atoms with Gasteiger partial charge in [-0.25, -0.2) is 0 Å². The van der Waals surface area contributed by atoms with Crippen LogP contribution in [0, 0.1) is 13.8 Å². The fraction of sp³-hybridized carbons (Fsp3) is 0.333. The summed E-state index contributed by atoms with van der Waals surface area (Å²) in [5, 5.41) is 3.56. The average Bonchev–Trinajstić information content (AvgIpc) is 2.76. The van der Waals surface area contributed by atoms with Crippen LogP contribution in [0.2, 0.25) is 0 Å². The van der Waals surface area contributed by atoms with Gasteiger partial charge in [-0.15, -0.1) is 11.3 Å². The highest BCUT2D eigenvalue weighted by Crippen LogP contribution is 2.31. The van der Waals surface area contributed by atoms with E-state index in [1.807, 2.05) is 0 Å². The summed E-state index contributed by atoms with van der Waals surface area (Å²) in [6.07, 6.45) is 0. The molecule has 0 radical (unpaired) electrons. The Hall–Kier alpha value is -0.640. The van der Waals surface area contributed by atoms with Crippen LogP contribution < -0.4 is 5.32 Å². The van der Waals surface area contributed by atoms with Crippen molar-refractivity contribution in [3.8, 4) is 0 Å². The van der Waals surface area contributed by atoms with Crippen molar-refractivity contribution in [3.05, 3.63) is 55.7 Å². The summed E-state index contributed by atoms with van der Waals surface area (Å²) in [7, 11) is 0. The summed E-state index contributed by atoms with van der Waals surface area (Å²) in [6.45, 7) is 7.44. The molecule has 0 aliphatic heterocycles. The predicted molar refractivity (Wildman–Crippen MR) is 83.5 cm³/mol. The molecule has 96 valence electrons. The molecule has 18 heavy (non-hydrogen) atoms. The normalized spacial score (nSPS) is 12.7. The number of rotatable bonds is 4. The van der Waals surface area contributed by atoms with Gasteiger partial charge < -0.3 is 5.32 Å². The smallest absolute Gasteiger partial charge is 0.0702 e. The number of thiophene rings is 1. The van der Waals surface area contributed by atoms with Crippen LogP contribution in [-0.2, 0) is 0 Å². The standard InChI is InChI=1S/C15H18BrNS/c1-4-17-15(13-7-8-14(16)18-13)12-6-5-10(2)11(3)9-12/h5-9,15,17H,4H2,1-3H3. The molecule has 0 saturated heterocycles. The Morgan fingerprint density at radius 1 is 1.17 bits per heavy atom. The van der Waals surface area contributed by atoms with E-state index in [-0.39, 0.29) is 0 Å². The van der Waals surface area contributed by atoms with E-state index in [0.29, 0.717) is 6.04 Å². The first-order valence-corrected chi connectivity index (χ1v) is 7.78. The second-order valence-corrected chi connectivity index (χ2v) is 6.97. The van der Waals surface area contributed by atoms with Crippen molar-refractivity contribution in [2.24, 2.45) is 0 Å². The molecule has 0 amide bonds. The van der Waals surface area contributed by atoms with Crippen molar-refractivity contribution in [1.29, 1.82) is 0 Å². The quantitative estimate of drug-likeness (QED) is 0.850. The van der Waals surface area contributed by atoms with E-state index in [9.17, 15) is 0 Å². The molecule has 0 fully saturated rings. The third-order valence-electron chi connectivity index (χ3n) is 3.15. The molecule has 1 nitrogen and oxygen atoms in total. The largest absolute Gasteiger partial charge is 0.306 e. The maximum Gasteiger partial charge on any atom is 0.0702 e. The minimum atomic E-state index is 0.297. The molecular weight excluding hydrogens is 306 g/mol. The summed E-state index contributed by atoms with van der Waals surface area (Å²) < 4.78 is 1.18. The number of hydrogen-bond donors (Lipinski definition) is 1. The van der Waals surface area contributed by atoms with Gasteiger partial charge in [-0.3, -0.25) is 0 Å². The summed E-state index contributed by atoms with van der Waals surface area (Å²) in [5.41, 5.74) is 4.04.